The van der Waals surface area contributed by atoms with Gasteiger partial charge in [-0.2, -0.15) is 0 Å². The van der Waals surface area contributed by atoms with Gasteiger partial charge in [-0.3, -0.25) is 9.59 Å². The zero-order chi connectivity index (χ0) is 17.1. The van der Waals surface area contributed by atoms with E-state index in [0.717, 1.165) is 0 Å². The van der Waals surface area contributed by atoms with Gasteiger partial charge >= 0.3 is 0 Å². The molecule has 122 valence electrons. The van der Waals surface area contributed by atoms with Crippen molar-refractivity contribution in [1.29, 1.82) is 0 Å². The molecule has 0 radical (unpaired) electrons. The van der Waals surface area contributed by atoms with E-state index in [0.29, 0.717) is 38.9 Å². The SMILES string of the molecule is O=C(CCc1nc2ccccc2c(=O)[nH]1)Nc1cc(Cl)cc(Cl)c1. The number of anilines is 1. The molecule has 0 atom stereocenters. The van der Waals surface area contributed by atoms with Crippen molar-refractivity contribution in [2.45, 2.75) is 12.8 Å². The minimum absolute atomic E-state index is 0.172. The molecule has 0 saturated heterocycles. The lowest BCUT2D eigenvalue weighted by atomic mass is 10.2. The van der Waals surface area contributed by atoms with Crippen LogP contribution < -0.4 is 10.9 Å². The first-order valence-corrected chi connectivity index (χ1v) is 8.01. The molecule has 0 aliphatic carbocycles. The number of aromatic nitrogens is 2. The highest BCUT2D eigenvalue weighted by molar-refractivity contribution is 6.35. The highest BCUT2D eigenvalue weighted by Crippen LogP contribution is 2.22. The first-order valence-electron chi connectivity index (χ1n) is 7.25. The van der Waals surface area contributed by atoms with Crippen LogP contribution in [0, 0.1) is 0 Å². The average molecular weight is 362 g/mol. The molecule has 0 aliphatic rings. The number of carbonyl (C=O) groups is 1. The summed E-state index contributed by atoms with van der Waals surface area (Å²) < 4.78 is 0. The predicted molar refractivity (Wildman–Crippen MR) is 95.8 cm³/mol. The van der Waals surface area contributed by atoms with Crippen molar-refractivity contribution in [3.8, 4) is 0 Å². The minimum Gasteiger partial charge on any atom is -0.326 e. The number of amides is 1. The molecule has 0 aliphatic heterocycles. The van der Waals surface area contributed by atoms with Crippen LogP contribution in [0.3, 0.4) is 0 Å². The summed E-state index contributed by atoms with van der Waals surface area (Å²) in [6, 6.07) is 11.9. The van der Waals surface area contributed by atoms with E-state index in [1.54, 1.807) is 36.4 Å². The summed E-state index contributed by atoms with van der Waals surface area (Å²) in [5.74, 6) is 0.252. The van der Waals surface area contributed by atoms with Crippen LogP contribution in [0.1, 0.15) is 12.2 Å². The highest BCUT2D eigenvalue weighted by Gasteiger charge is 2.08. The number of nitrogens with zero attached hydrogens (tertiary/aromatic N) is 1. The topological polar surface area (TPSA) is 74.8 Å². The number of fused-ring (bicyclic) bond motifs is 1. The van der Waals surface area contributed by atoms with Crippen molar-refractivity contribution in [2.24, 2.45) is 0 Å². The maximum absolute atomic E-state index is 12.0. The number of carbonyl (C=O) groups excluding carboxylic acids is 1. The average Bonchev–Trinajstić information content (AvgIpc) is 2.52. The minimum atomic E-state index is -0.218. The van der Waals surface area contributed by atoms with Crippen molar-refractivity contribution in [2.75, 3.05) is 5.32 Å². The summed E-state index contributed by atoms with van der Waals surface area (Å²) in [6.07, 6.45) is 0.492. The number of para-hydroxylation sites is 1. The van der Waals surface area contributed by atoms with Gasteiger partial charge in [0.15, 0.2) is 0 Å². The van der Waals surface area contributed by atoms with Crippen LogP contribution in [-0.4, -0.2) is 15.9 Å². The van der Waals surface area contributed by atoms with Crippen molar-refractivity contribution in [3.05, 3.63) is 68.7 Å². The van der Waals surface area contributed by atoms with Gasteiger partial charge < -0.3 is 10.3 Å². The second-order valence-electron chi connectivity index (χ2n) is 5.24. The van der Waals surface area contributed by atoms with Gasteiger partial charge in [-0.05, 0) is 30.3 Å². The van der Waals surface area contributed by atoms with Gasteiger partial charge in [0.1, 0.15) is 5.82 Å². The molecule has 3 aromatic rings. The Hall–Kier alpha value is -2.37. The van der Waals surface area contributed by atoms with E-state index in [9.17, 15) is 9.59 Å². The third-order valence-corrected chi connectivity index (χ3v) is 3.83. The molecule has 0 unspecified atom stereocenters. The maximum atomic E-state index is 12.0. The molecule has 0 bridgehead atoms. The lowest BCUT2D eigenvalue weighted by molar-refractivity contribution is -0.116. The van der Waals surface area contributed by atoms with Crippen LogP contribution in [0.4, 0.5) is 5.69 Å². The van der Waals surface area contributed by atoms with Crippen LogP contribution in [0.15, 0.2) is 47.3 Å². The second-order valence-corrected chi connectivity index (χ2v) is 6.11. The zero-order valence-corrected chi connectivity index (χ0v) is 14.0. The van der Waals surface area contributed by atoms with E-state index in [1.807, 2.05) is 6.07 Å². The molecule has 7 heteroatoms. The molecule has 5 nitrogen and oxygen atoms in total. The van der Waals surface area contributed by atoms with E-state index in [-0.39, 0.29) is 17.9 Å². The number of H-pyrrole nitrogens is 1. The standard InChI is InChI=1S/C17H13Cl2N3O2/c18-10-7-11(19)9-12(8-10)20-16(23)6-5-15-21-14-4-2-1-3-13(14)17(24)22-15/h1-4,7-9H,5-6H2,(H,20,23)(H,21,22,24). The fraction of sp³-hybridized carbons (Fsp3) is 0.118. The van der Waals surface area contributed by atoms with Gasteiger partial charge in [-0.1, -0.05) is 35.3 Å². The first-order chi connectivity index (χ1) is 11.5. The second kappa shape index (κ2) is 7.03. The summed E-state index contributed by atoms with van der Waals surface area (Å²) in [5.41, 5.74) is 0.924. The lowest BCUT2D eigenvalue weighted by Gasteiger charge is -2.07. The first kappa shape index (κ1) is 16.5. The Balaban J connectivity index is 1.69. The summed E-state index contributed by atoms with van der Waals surface area (Å²) >= 11 is 11.8. The smallest absolute Gasteiger partial charge is 0.258 e. The number of halogens is 2. The maximum Gasteiger partial charge on any atom is 0.258 e. The summed E-state index contributed by atoms with van der Waals surface area (Å²) in [7, 11) is 0. The van der Waals surface area contributed by atoms with Gasteiger partial charge in [0.2, 0.25) is 5.91 Å². The van der Waals surface area contributed by atoms with E-state index in [4.69, 9.17) is 23.2 Å². The predicted octanol–water partition coefficient (Wildman–Crippen LogP) is 3.80. The number of aryl methyl sites for hydroxylation is 1. The van der Waals surface area contributed by atoms with Crippen molar-refractivity contribution in [1.82, 2.24) is 9.97 Å². The third kappa shape index (κ3) is 3.93. The van der Waals surface area contributed by atoms with Gasteiger partial charge in [0.05, 0.1) is 10.9 Å². The molecule has 2 N–H and O–H groups in total. The zero-order valence-electron chi connectivity index (χ0n) is 12.5. The molecule has 1 amide bonds. The molecule has 24 heavy (non-hydrogen) atoms. The Bertz CT molecular complexity index is 949. The quantitative estimate of drug-likeness (QED) is 0.741. The van der Waals surface area contributed by atoms with E-state index in [1.165, 1.54) is 0 Å². The van der Waals surface area contributed by atoms with Gasteiger partial charge in [0.25, 0.3) is 5.56 Å². The van der Waals surface area contributed by atoms with Crippen molar-refractivity contribution in [3.63, 3.8) is 0 Å². The van der Waals surface area contributed by atoms with Gasteiger partial charge in [-0.15, -0.1) is 0 Å². The molecular formula is C17H13Cl2N3O2. The fourth-order valence-electron chi connectivity index (χ4n) is 2.33. The van der Waals surface area contributed by atoms with E-state index >= 15 is 0 Å². The summed E-state index contributed by atoms with van der Waals surface area (Å²) in [5, 5.41) is 4.13. The number of rotatable bonds is 4. The van der Waals surface area contributed by atoms with E-state index < -0.39 is 0 Å². The fourth-order valence-corrected chi connectivity index (χ4v) is 2.86. The molecule has 3 rings (SSSR count). The Labute approximate surface area is 147 Å². The number of benzene rings is 2. The molecule has 0 saturated carbocycles. The van der Waals surface area contributed by atoms with Crippen LogP contribution in [-0.2, 0) is 11.2 Å². The number of hydrogen-bond donors (Lipinski definition) is 2. The Morgan fingerprint density at radius 1 is 1.12 bits per heavy atom. The largest absolute Gasteiger partial charge is 0.326 e. The van der Waals surface area contributed by atoms with Gasteiger partial charge in [-0.25, -0.2) is 4.98 Å². The Morgan fingerprint density at radius 2 is 1.83 bits per heavy atom. The van der Waals surface area contributed by atoms with Crippen LogP contribution in [0.2, 0.25) is 10.0 Å². The third-order valence-electron chi connectivity index (χ3n) is 3.40. The number of hydrogen-bond acceptors (Lipinski definition) is 3. The molecular weight excluding hydrogens is 349 g/mol. The molecule has 0 fully saturated rings. The monoisotopic (exact) mass is 361 g/mol. The molecule has 1 heterocycles. The van der Waals surface area contributed by atoms with Crippen LogP contribution >= 0.6 is 23.2 Å². The molecule has 0 spiro atoms. The highest BCUT2D eigenvalue weighted by atomic mass is 35.5. The normalized spacial score (nSPS) is 10.8. The molecule has 1 aromatic heterocycles. The van der Waals surface area contributed by atoms with Crippen LogP contribution in [0.5, 0.6) is 0 Å². The Morgan fingerprint density at radius 3 is 2.58 bits per heavy atom. The summed E-state index contributed by atoms with van der Waals surface area (Å²) in [4.78, 5) is 31.1. The van der Waals surface area contributed by atoms with E-state index in [2.05, 4.69) is 15.3 Å². The summed E-state index contributed by atoms with van der Waals surface area (Å²) in [6.45, 7) is 0. The van der Waals surface area contributed by atoms with Crippen molar-refractivity contribution >= 4 is 45.7 Å². The number of aromatic amines is 1. The molecule has 2 aromatic carbocycles. The lowest BCUT2D eigenvalue weighted by Crippen LogP contribution is -2.16. The Kier molecular flexibility index (Phi) is 4.83. The van der Waals surface area contributed by atoms with Crippen LogP contribution in [0.25, 0.3) is 10.9 Å². The number of nitrogens with one attached hydrogen (secondary N) is 2. The van der Waals surface area contributed by atoms with Crippen molar-refractivity contribution < 1.29 is 4.79 Å². The van der Waals surface area contributed by atoms with Gasteiger partial charge in [0, 0.05) is 28.6 Å².